The van der Waals surface area contributed by atoms with Crippen molar-refractivity contribution < 1.29 is 9.59 Å². The molecular formula is C26H29N3O2. The van der Waals surface area contributed by atoms with E-state index >= 15 is 0 Å². The third kappa shape index (κ3) is 6.78. The normalized spacial score (nSPS) is 11.5. The molecule has 0 fully saturated rings. The molecule has 3 rings (SSSR count). The van der Waals surface area contributed by atoms with E-state index in [-0.39, 0.29) is 11.8 Å². The van der Waals surface area contributed by atoms with Gasteiger partial charge < -0.3 is 10.2 Å². The molecule has 0 bridgehead atoms. The van der Waals surface area contributed by atoms with Gasteiger partial charge in [-0.15, -0.1) is 0 Å². The number of hydrogen-bond acceptors (Lipinski definition) is 3. The molecule has 1 atom stereocenters. The fourth-order valence-corrected chi connectivity index (χ4v) is 3.49. The number of carbonyl (C=O) groups is 2. The molecule has 0 aliphatic rings. The summed E-state index contributed by atoms with van der Waals surface area (Å²) in [7, 11) is 0. The van der Waals surface area contributed by atoms with E-state index in [0.717, 1.165) is 23.2 Å². The minimum atomic E-state index is -0.606. The molecule has 2 amide bonds. The maximum absolute atomic E-state index is 13.3. The Morgan fingerprint density at radius 1 is 0.903 bits per heavy atom. The van der Waals surface area contributed by atoms with Crippen molar-refractivity contribution in [1.82, 2.24) is 15.2 Å². The van der Waals surface area contributed by atoms with E-state index in [9.17, 15) is 9.59 Å². The van der Waals surface area contributed by atoms with E-state index in [2.05, 4.69) is 10.3 Å². The topological polar surface area (TPSA) is 62.3 Å². The van der Waals surface area contributed by atoms with Crippen LogP contribution in [0.2, 0.25) is 0 Å². The Balaban J connectivity index is 1.86. The zero-order valence-electron chi connectivity index (χ0n) is 17.9. The monoisotopic (exact) mass is 415 g/mol. The van der Waals surface area contributed by atoms with Gasteiger partial charge in [-0.1, -0.05) is 73.7 Å². The summed E-state index contributed by atoms with van der Waals surface area (Å²) in [5.41, 5.74) is 2.80. The first-order chi connectivity index (χ1) is 15.2. The molecule has 0 spiro atoms. The molecular weight excluding hydrogens is 386 g/mol. The molecule has 0 radical (unpaired) electrons. The Labute approximate surface area is 184 Å². The molecule has 5 nitrogen and oxygen atoms in total. The van der Waals surface area contributed by atoms with Gasteiger partial charge in [-0.3, -0.25) is 14.6 Å². The first kappa shape index (κ1) is 22.2. The van der Waals surface area contributed by atoms with Crippen LogP contribution in [0.4, 0.5) is 0 Å². The predicted molar refractivity (Wildman–Crippen MR) is 122 cm³/mol. The summed E-state index contributed by atoms with van der Waals surface area (Å²) in [6.07, 6.45) is 3.30. The van der Waals surface area contributed by atoms with Crippen molar-refractivity contribution in [1.29, 1.82) is 0 Å². The minimum absolute atomic E-state index is 0.0136. The summed E-state index contributed by atoms with van der Waals surface area (Å²) < 4.78 is 0. The molecule has 3 aromatic rings. The van der Waals surface area contributed by atoms with Crippen molar-refractivity contribution in [3.8, 4) is 0 Å². The summed E-state index contributed by atoms with van der Waals surface area (Å²) >= 11 is 0. The van der Waals surface area contributed by atoms with Crippen LogP contribution in [0.5, 0.6) is 0 Å². The average Bonchev–Trinajstić information content (AvgIpc) is 2.82. The number of benzene rings is 2. The molecule has 0 unspecified atom stereocenters. The summed E-state index contributed by atoms with van der Waals surface area (Å²) in [5.74, 6) is -0.185. The highest BCUT2D eigenvalue weighted by Gasteiger charge is 2.29. The van der Waals surface area contributed by atoms with E-state index in [1.165, 1.54) is 0 Å². The van der Waals surface area contributed by atoms with Crippen molar-refractivity contribution in [3.63, 3.8) is 0 Å². The number of hydrogen-bond donors (Lipinski definition) is 1. The molecule has 0 aliphatic carbocycles. The summed E-state index contributed by atoms with van der Waals surface area (Å²) in [6.45, 7) is 2.70. The summed E-state index contributed by atoms with van der Waals surface area (Å²) in [6, 6.07) is 24.6. The Hall–Kier alpha value is -3.47. The van der Waals surface area contributed by atoms with E-state index in [4.69, 9.17) is 0 Å². The number of carbonyl (C=O) groups excluding carboxylic acids is 2. The van der Waals surface area contributed by atoms with Crippen LogP contribution in [0.3, 0.4) is 0 Å². The molecule has 0 aliphatic heterocycles. The van der Waals surface area contributed by atoms with E-state index in [1.54, 1.807) is 11.1 Å². The van der Waals surface area contributed by atoms with Gasteiger partial charge >= 0.3 is 0 Å². The fraction of sp³-hybridized carbons (Fsp3) is 0.269. The molecule has 0 saturated heterocycles. The lowest BCUT2D eigenvalue weighted by Crippen LogP contribution is -2.50. The van der Waals surface area contributed by atoms with Gasteiger partial charge in [0.1, 0.15) is 6.04 Å². The van der Waals surface area contributed by atoms with E-state index in [0.29, 0.717) is 25.9 Å². The van der Waals surface area contributed by atoms with Gasteiger partial charge in [0, 0.05) is 25.6 Å². The second kappa shape index (κ2) is 11.6. The minimum Gasteiger partial charge on any atom is -0.349 e. The molecule has 1 N–H and O–H groups in total. The van der Waals surface area contributed by atoms with Crippen LogP contribution >= 0.6 is 0 Å². The van der Waals surface area contributed by atoms with Crippen LogP contribution in [-0.2, 0) is 29.1 Å². The lowest BCUT2D eigenvalue weighted by molar-refractivity contribution is -0.141. The molecule has 160 valence electrons. The van der Waals surface area contributed by atoms with Crippen LogP contribution in [0.1, 0.15) is 36.6 Å². The Morgan fingerprint density at radius 2 is 1.55 bits per heavy atom. The Bertz CT molecular complexity index is 946. The molecule has 5 heteroatoms. The Morgan fingerprint density at radius 3 is 2.16 bits per heavy atom. The Kier molecular flexibility index (Phi) is 8.35. The number of nitrogens with zero attached hydrogens (tertiary/aromatic N) is 2. The zero-order chi connectivity index (χ0) is 21.9. The molecule has 0 saturated carbocycles. The third-order valence-corrected chi connectivity index (χ3v) is 5.10. The largest absolute Gasteiger partial charge is 0.349 e. The maximum atomic E-state index is 13.3. The van der Waals surface area contributed by atoms with Crippen LogP contribution in [0.25, 0.3) is 0 Å². The lowest BCUT2D eigenvalue weighted by Gasteiger charge is -2.31. The van der Waals surface area contributed by atoms with Gasteiger partial charge in [0.05, 0.1) is 12.2 Å². The number of rotatable bonds is 10. The van der Waals surface area contributed by atoms with Crippen molar-refractivity contribution in [3.05, 3.63) is 102 Å². The molecule has 1 aromatic heterocycles. The van der Waals surface area contributed by atoms with Crippen LogP contribution in [-0.4, -0.2) is 27.7 Å². The summed E-state index contributed by atoms with van der Waals surface area (Å²) in [5, 5.41) is 2.99. The standard InChI is InChI=1S/C26H29N3O2/c1-2-11-25(30)29(20-22-14-7-4-8-15-22)24(18-21-12-5-3-6-13-21)26(31)28-19-23-16-9-10-17-27-23/h3-10,12-17,24H,2,11,18-20H2,1H3,(H,28,31)/t24-/m1/s1. The van der Waals surface area contributed by atoms with Gasteiger partial charge in [0.15, 0.2) is 0 Å². The van der Waals surface area contributed by atoms with Gasteiger partial charge in [-0.05, 0) is 29.7 Å². The van der Waals surface area contributed by atoms with Crippen molar-refractivity contribution in [2.24, 2.45) is 0 Å². The van der Waals surface area contributed by atoms with Gasteiger partial charge in [0.2, 0.25) is 11.8 Å². The second-order valence-corrected chi connectivity index (χ2v) is 7.50. The number of pyridine rings is 1. The smallest absolute Gasteiger partial charge is 0.243 e. The first-order valence-electron chi connectivity index (χ1n) is 10.7. The van der Waals surface area contributed by atoms with Crippen LogP contribution in [0.15, 0.2) is 85.1 Å². The number of aromatic nitrogens is 1. The summed E-state index contributed by atoms with van der Waals surface area (Å²) in [4.78, 5) is 32.4. The molecule has 31 heavy (non-hydrogen) atoms. The van der Waals surface area contributed by atoms with Crippen molar-refractivity contribution in [2.75, 3.05) is 0 Å². The zero-order valence-corrected chi connectivity index (χ0v) is 17.9. The van der Waals surface area contributed by atoms with E-state index in [1.807, 2.05) is 85.8 Å². The molecule has 1 heterocycles. The van der Waals surface area contributed by atoms with E-state index < -0.39 is 6.04 Å². The van der Waals surface area contributed by atoms with Gasteiger partial charge in [-0.25, -0.2) is 0 Å². The number of nitrogens with one attached hydrogen (secondary N) is 1. The highest BCUT2D eigenvalue weighted by atomic mass is 16.2. The first-order valence-corrected chi connectivity index (χ1v) is 10.7. The SMILES string of the molecule is CCCC(=O)N(Cc1ccccc1)[C@H](Cc1ccccc1)C(=O)NCc1ccccn1. The van der Waals surface area contributed by atoms with Crippen LogP contribution in [0, 0.1) is 0 Å². The fourth-order valence-electron chi connectivity index (χ4n) is 3.49. The van der Waals surface area contributed by atoms with Crippen molar-refractivity contribution >= 4 is 11.8 Å². The van der Waals surface area contributed by atoms with Gasteiger partial charge in [-0.2, -0.15) is 0 Å². The van der Waals surface area contributed by atoms with Crippen molar-refractivity contribution in [2.45, 2.75) is 45.3 Å². The quantitative estimate of drug-likeness (QED) is 0.541. The maximum Gasteiger partial charge on any atom is 0.243 e. The number of amides is 2. The highest BCUT2D eigenvalue weighted by molar-refractivity contribution is 5.88. The predicted octanol–water partition coefficient (Wildman–Crippen LogP) is 4.14. The third-order valence-electron chi connectivity index (χ3n) is 5.10. The van der Waals surface area contributed by atoms with Crippen LogP contribution < -0.4 is 5.32 Å². The lowest BCUT2D eigenvalue weighted by atomic mass is 10.0. The highest BCUT2D eigenvalue weighted by Crippen LogP contribution is 2.16. The second-order valence-electron chi connectivity index (χ2n) is 7.50. The average molecular weight is 416 g/mol. The van der Waals surface area contributed by atoms with Gasteiger partial charge in [0.25, 0.3) is 0 Å². The molecule has 2 aromatic carbocycles.